The van der Waals surface area contributed by atoms with E-state index in [2.05, 4.69) is 0 Å². The van der Waals surface area contributed by atoms with Gasteiger partial charge in [0.05, 0.1) is 0 Å². The third kappa shape index (κ3) is 1.77. The van der Waals surface area contributed by atoms with E-state index >= 15 is 0 Å². The van der Waals surface area contributed by atoms with Crippen LogP contribution in [0.1, 0.15) is 0 Å². The Bertz CT molecular complexity index is 220. The van der Waals surface area contributed by atoms with Crippen LogP contribution in [0.25, 0.3) is 0 Å². The van der Waals surface area contributed by atoms with Crippen LogP contribution in [0.3, 0.4) is 0 Å². The predicted molar refractivity (Wildman–Crippen MR) is 22.1 cm³/mol. The molecule has 3 nitrogen and oxygen atoms in total. The van der Waals surface area contributed by atoms with E-state index in [1.165, 1.54) is 0 Å². The second-order valence-electron chi connectivity index (χ2n) is 1.38. The van der Waals surface area contributed by atoms with Gasteiger partial charge in [0, 0.05) is 0 Å². The van der Waals surface area contributed by atoms with Crippen LogP contribution < -0.4 is 0 Å². The topological polar surface area (TPSA) is 43.4 Å². The van der Waals surface area contributed by atoms with Crippen LogP contribution in [0.15, 0.2) is 0 Å². The van der Waals surface area contributed by atoms with Crippen molar-refractivity contribution in [1.82, 2.24) is 0 Å². The molecule has 11 heavy (non-hydrogen) atoms. The Hall–Kier alpha value is -0.440. The highest BCUT2D eigenvalue weighted by Crippen LogP contribution is 2.30. The lowest BCUT2D eigenvalue weighted by Gasteiger charge is -2.10. The molecule has 0 fully saturated rings. The molecule has 68 valence electrons. The number of rotatable bonds is 3. The SMILES string of the molecule is O=S(=O)(OF)C(F)(F)C(F)F. The molecule has 0 radical (unpaired) electrons. The molecule has 0 heterocycles. The smallest absolute Gasteiger partial charge is 0.202 e. The molecule has 0 aromatic carbocycles. The van der Waals surface area contributed by atoms with Gasteiger partial charge in [0.15, 0.2) is 0 Å². The molecular formula is C2HF5O3S. The summed E-state index contributed by atoms with van der Waals surface area (Å²) in [5.74, 6) is 0. The van der Waals surface area contributed by atoms with Gasteiger partial charge >= 0.3 is 21.8 Å². The number of hydrogen-bond donors (Lipinski definition) is 0. The van der Waals surface area contributed by atoms with E-state index in [1.807, 2.05) is 0 Å². The average molecular weight is 200 g/mol. The number of alkyl halides is 4. The number of halogens is 5. The summed E-state index contributed by atoms with van der Waals surface area (Å²) in [6, 6.07) is 0. The maximum atomic E-state index is 11.6. The minimum Gasteiger partial charge on any atom is -0.202 e. The van der Waals surface area contributed by atoms with Gasteiger partial charge in [-0.3, -0.25) is 0 Å². The second kappa shape index (κ2) is 2.89. The van der Waals surface area contributed by atoms with E-state index in [1.54, 1.807) is 4.39 Å². The van der Waals surface area contributed by atoms with Crippen molar-refractivity contribution in [2.75, 3.05) is 0 Å². The summed E-state index contributed by atoms with van der Waals surface area (Å²) in [6.07, 6.45) is -4.52. The Kier molecular flexibility index (Phi) is 2.78. The maximum absolute atomic E-state index is 11.6. The standard InChI is InChI=1S/C2HF5O3S/c3-1(4)2(5,6)11(8,9)10-7/h1H. The van der Waals surface area contributed by atoms with Crippen LogP contribution in [0.2, 0.25) is 0 Å². The van der Waals surface area contributed by atoms with E-state index in [9.17, 15) is 30.5 Å². The normalized spacial score (nSPS) is 14.0. The lowest BCUT2D eigenvalue weighted by molar-refractivity contribution is -0.0917. The highest BCUT2D eigenvalue weighted by molar-refractivity contribution is 7.87. The van der Waals surface area contributed by atoms with Gasteiger partial charge in [-0.2, -0.15) is 17.2 Å². The van der Waals surface area contributed by atoms with Crippen molar-refractivity contribution < 1.29 is 34.9 Å². The minimum absolute atomic E-state index is 1.71. The zero-order chi connectivity index (χ0) is 9.28. The molecule has 0 unspecified atom stereocenters. The first kappa shape index (κ1) is 10.6. The largest absolute Gasteiger partial charge is 0.431 e. The van der Waals surface area contributed by atoms with Gasteiger partial charge in [0.1, 0.15) is 0 Å². The molecule has 0 aliphatic carbocycles. The lowest BCUT2D eigenvalue weighted by Crippen LogP contribution is -2.36. The molecule has 0 bridgehead atoms. The molecule has 0 spiro atoms. The van der Waals surface area contributed by atoms with Crippen molar-refractivity contribution in [2.45, 2.75) is 11.7 Å². The quantitative estimate of drug-likeness (QED) is 0.640. The van der Waals surface area contributed by atoms with Gasteiger partial charge in [-0.15, -0.1) is 0 Å². The first-order valence-corrected chi connectivity index (χ1v) is 3.37. The van der Waals surface area contributed by atoms with Gasteiger partial charge < -0.3 is 0 Å². The van der Waals surface area contributed by atoms with Crippen LogP contribution in [-0.4, -0.2) is 20.1 Å². The molecule has 0 rings (SSSR count). The molecule has 0 aromatic rings. The van der Waals surface area contributed by atoms with E-state index in [-0.39, 0.29) is 0 Å². The van der Waals surface area contributed by atoms with Crippen LogP contribution in [0, 0.1) is 0 Å². The number of hydrogen-bond acceptors (Lipinski definition) is 3. The van der Waals surface area contributed by atoms with Crippen molar-refractivity contribution in [3.8, 4) is 0 Å². The molecule has 0 aliphatic heterocycles. The third-order valence-electron chi connectivity index (χ3n) is 0.670. The monoisotopic (exact) mass is 200 g/mol. The van der Waals surface area contributed by atoms with Gasteiger partial charge in [-0.1, -0.05) is 4.39 Å². The molecule has 0 atom stereocenters. The summed E-state index contributed by atoms with van der Waals surface area (Å²) in [6.45, 7) is 0. The molecule has 0 saturated heterocycles. The van der Waals surface area contributed by atoms with Gasteiger partial charge in [0.2, 0.25) is 0 Å². The molecule has 0 aromatic heterocycles. The van der Waals surface area contributed by atoms with Crippen LogP contribution in [0.5, 0.6) is 0 Å². The Morgan fingerprint density at radius 2 is 1.64 bits per heavy atom. The summed E-state index contributed by atoms with van der Waals surface area (Å²) in [7, 11) is -6.15. The second-order valence-corrected chi connectivity index (χ2v) is 2.96. The Morgan fingerprint density at radius 1 is 1.27 bits per heavy atom. The highest BCUT2D eigenvalue weighted by Gasteiger charge is 2.56. The van der Waals surface area contributed by atoms with Crippen molar-refractivity contribution >= 4 is 10.1 Å². The van der Waals surface area contributed by atoms with E-state index in [4.69, 9.17) is 0 Å². The molecule has 0 saturated carbocycles. The molecule has 0 aliphatic rings. The highest BCUT2D eigenvalue weighted by atomic mass is 32.2. The van der Waals surface area contributed by atoms with Gasteiger partial charge in [-0.25, -0.2) is 8.78 Å². The summed E-state index contributed by atoms with van der Waals surface area (Å²) in [5, 5.41) is -5.51. The summed E-state index contributed by atoms with van der Waals surface area (Å²) < 4.78 is 77.2. The van der Waals surface area contributed by atoms with Gasteiger partial charge in [0.25, 0.3) is 0 Å². The Morgan fingerprint density at radius 3 is 1.73 bits per heavy atom. The zero-order valence-electron chi connectivity index (χ0n) is 4.60. The molecular weight excluding hydrogens is 199 g/mol. The maximum Gasteiger partial charge on any atom is 0.431 e. The average Bonchev–Trinajstić information content (AvgIpc) is 1.87. The molecule has 0 N–H and O–H groups in total. The van der Waals surface area contributed by atoms with Crippen LogP contribution >= 0.6 is 0 Å². The van der Waals surface area contributed by atoms with Gasteiger partial charge in [-0.05, 0) is 4.53 Å². The zero-order valence-corrected chi connectivity index (χ0v) is 5.42. The van der Waals surface area contributed by atoms with Crippen LogP contribution in [-0.2, 0) is 14.5 Å². The van der Waals surface area contributed by atoms with Crippen molar-refractivity contribution in [2.24, 2.45) is 0 Å². The van der Waals surface area contributed by atoms with Crippen molar-refractivity contribution in [1.29, 1.82) is 0 Å². The van der Waals surface area contributed by atoms with Crippen molar-refractivity contribution in [3.05, 3.63) is 0 Å². The van der Waals surface area contributed by atoms with E-state index in [0.29, 0.717) is 0 Å². The third-order valence-corrected chi connectivity index (χ3v) is 1.68. The van der Waals surface area contributed by atoms with E-state index in [0.717, 1.165) is 0 Å². The predicted octanol–water partition coefficient (Wildman–Crippen LogP) is 1.08. The molecule has 9 heteroatoms. The Balaban J connectivity index is 4.85. The summed E-state index contributed by atoms with van der Waals surface area (Å²) >= 11 is 0. The molecule has 0 amide bonds. The fourth-order valence-corrected chi connectivity index (χ4v) is 0.453. The first-order valence-electron chi connectivity index (χ1n) is 1.96. The minimum atomic E-state index is -6.15. The lowest BCUT2D eigenvalue weighted by atomic mass is 10.7. The van der Waals surface area contributed by atoms with E-state index < -0.39 is 21.8 Å². The summed E-state index contributed by atoms with van der Waals surface area (Å²) in [4.78, 5) is 0. The Labute approximate surface area is 57.8 Å². The fraction of sp³-hybridized carbons (Fsp3) is 1.00. The summed E-state index contributed by atoms with van der Waals surface area (Å²) in [5.41, 5.74) is 0. The fourth-order valence-electron chi connectivity index (χ4n) is 0.151. The first-order chi connectivity index (χ1) is 4.75. The van der Waals surface area contributed by atoms with Crippen LogP contribution in [0.4, 0.5) is 22.1 Å². The van der Waals surface area contributed by atoms with Crippen molar-refractivity contribution in [3.63, 3.8) is 0 Å².